The fourth-order valence-electron chi connectivity index (χ4n) is 8.22. The Morgan fingerprint density at radius 1 is 0.414 bits per heavy atom. The minimum absolute atomic E-state index is 0.152. The topological polar surface area (TPSA) is 89.8 Å². The Labute approximate surface area is 362 Å². The third kappa shape index (κ3) is 42.9. The van der Waals surface area contributed by atoms with Gasteiger partial charge in [0.1, 0.15) is 6.10 Å². The average molecular weight is 818 g/mol. The quantitative estimate of drug-likeness (QED) is 0.0364. The Morgan fingerprint density at radius 3 is 1.00 bits per heavy atom. The number of rotatable bonds is 48. The summed E-state index contributed by atoms with van der Waals surface area (Å²) in [6.45, 7) is 4.19. The molecule has 0 radical (unpaired) electrons. The summed E-state index contributed by atoms with van der Waals surface area (Å²) in [5.74, 6) is -0.152. The molecule has 0 saturated heterocycles. The number of unbranched alkanes of at least 4 members (excludes halogenated alkanes) is 36. The second-order valence-electron chi connectivity index (χ2n) is 18.1. The van der Waals surface area contributed by atoms with Crippen LogP contribution in [-0.2, 0) is 4.79 Å². The van der Waals surface area contributed by atoms with E-state index in [4.69, 9.17) is 0 Å². The van der Waals surface area contributed by atoms with Gasteiger partial charge in [-0.1, -0.05) is 237 Å². The lowest BCUT2D eigenvalue weighted by Gasteiger charge is -2.26. The molecule has 5 nitrogen and oxygen atoms in total. The molecule has 0 aliphatic rings. The predicted molar refractivity (Wildman–Crippen MR) is 255 cm³/mol. The first-order chi connectivity index (χ1) is 28.6. The molecule has 0 aliphatic heterocycles. The molecular formula is C53H103NO4. The minimum Gasteiger partial charge on any atom is -0.394 e. The zero-order chi connectivity index (χ0) is 42.3. The Morgan fingerprint density at radius 2 is 0.690 bits per heavy atom. The Balaban J connectivity index is 3.58. The van der Waals surface area contributed by atoms with E-state index in [9.17, 15) is 20.1 Å². The Kier molecular flexibility index (Phi) is 47.5. The van der Waals surface area contributed by atoms with Crippen molar-refractivity contribution in [3.05, 3.63) is 24.3 Å². The van der Waals surface area contributed by atoms with Crippen LogP contribution in [0, 0.1) is 0 Å². The Hall–Kier alpha value is -1.17. The van der Waals surface area contributed by atoms with E-state index in [0.717, 1.165) is 38.5 Å². The van der Waals surface area contributed by atoms with Crippen molar-refractivity contribution in [3.8, 4) is 0 Å². The number of hydrogen-bond donors (Lipinski definition) is 4. The van der Waals surface area contributed by atoms with Crippen LogP contribution in [0.15, 0.2) is 24.3 Å². The van der Waals surface area contributed by atoms with Crippen LogP contribution in [0.3, 0.4) is 0 Å². The molecule has 58 heavy (non-hydrogen) atoms. The number of aliphatic hydroxyl groups excluding tert-OH is 3. The van der Waals surface area contributed by atoms with Crippen molar-refractivity contribution in [2.24, 2.45) is 0 Å². The predicted octanol–water partition coefficient (Wildman–Crippen LogP) is 15.7. The number of nitrogens with one attached hydrogen (secondary N) is 1. The lowest BCUT2D eigenvalue weighted by Crippen LogP contribution is -2.50. The highest BCUT2D eigenvalue weighted by Gasteiger charge is 2.26. The highest BCUT2D eigenvalue weighted by molar-refractivity contribution is 5.76. The van der Waals surface area contributed by atoms with Crippen LogP contribution in [-0.4, -0.2) is 46.1 Å². The number of aliphatic hydroxyl groups is 3. The smallest absolute Gasteiger partial charge is 0.220 e. The lowest BCUT2D eigenvalue weighted by atomic mass is 10.0. The number of allylic oxidation sites excluding steroid dienone is 4. The molecule has 0 spiro atoms. The fourth-order valence-corrected chi connectivity index (χ4v) is 8.22. The van der Waals surface area contributed by atoms with Gasteiger partial charge in [-0.2, -0.15) is 0 Å². The maximum Gasteiger partial charge on any atom is 0.220 e. The molecule has 0 aromatic heterocycles. The highest BCUT2D eigenvalue weighted by Crippen LogP contribution is 2.16. The average Bonchev–Trinajstić information content (AvgIpc) is 3.23. The molecule has 4 N–H and O–H groups in total. The van der Waals surface area contributed by atoms with E-state index < -0.39 is 18.2 Å². The van der Waals surface area contributed by atoms with Crippen LogP contribution < -0.4 is 5.32 Å². The largest absolute Gasteiger partial charge is 0.394 e. The van der Waals surface area contributed by atoms with E-state index in [1.807, 2.05) is 0 Å². The summed E-state index contributed by atoms with van der Waals surface area (Å²) in [4.78, 5) is 12.5. The first-order valence-corrected chi connectivity index (χ1v) is 26.1. The van der Waals surface area contributed by atoms with E-state index >= 15 is 0 Å². The molecule has 0 bridgehead atoms. The molecule has 3 unspecified atom stereocenters. The van der Waals surface area contributed by atoms with E-state index in [-0.39, 0.29) is 12.5 Å². The zero-order valence-electron chi connectivity index (χ0n) is 39.2. The molecular weight excluding hydrogens is 715 g/mol. The normalized spacial score (nSPS) is 13.5. The first kappa shape index (κ1) is 56.8. The lowest BCUT2D eigenvalue weighted by molar-refractivity contribution is -0.124. The van der Waals surface area contributed by atoms with Gasteiger partial charge in [0.05, 0.1) is 18.8 Å². The third-order valence-corrected chi connectivity index (χ3v) is 12.3. The number of hydrogen-bond acceptors (Lipinski definition) is 4. The summed E-state index contributed by atoms with van der Waals surface area (Å²) >= 11 is 0. The van der Waals surface area contributed by atoms with Gasteiger partial charge in [0, 0.05) is 6.42 Å². The van der Waals surface area contributed by atoms with Crippen molar-refractivity contribution < 1.29 is 20.1 Å². The first-order valence-electron chi connectivity index (χ1n) is 26.1. The summed E-state index contributed by atoms with van der Waals surface area (Å²) < 4.78 is 0. The van der Waals surface area contributed by atoms with Gasteiger partial charge in [-0.25, -0.2) is 0 Å². The molecule has 3 atom stereocenters. The van der Waals surface area contributed by atoms with Crippen LogP contribution in [0.4, 0.5) is 0 Å². The van der Waals surface area contributed by atoms with Crippen molar-refractivity contribution >= 4 is 5.91 Å². The van der Waals surface area contributed by atoms with E-state index in [1.165, 1.54) is 218 Å². The molecule has 0 aromatic carbocycles. The van der Waals surface area contributed by atoms with Crippen molar-refractivity contribution in [1.29, 1.82) is 0 Å². The van der Waals surface area contributed by atoms with E-state index in [0.29, 0.717) is 12.8 Å². The second kappa shape index (κ2) is 48.5. The SMILES string of the molecule is CCCCCCCCCCCCCC/C=C\CCCCCCCCCCCCC(=O)NC(CO)C(O)C(O)CCC/C=C/CCCCCCCCCCCCCCC. The number of carbonyl (C=O) groups excluding carboxylic acids is 1. The monoisotopic (exact) mass is 818 g/mol. The van der Waals surface area contributed by atoms with Gasteiger partial charge < -0.3 is 20.6 Å². The van der Waals surface area contributed by atoms with Gasteiger partial charge >= 0.3 is 0 Å². The molecule has 1 amide bonds. The molecule has 344 valence electrons. The van der Waals surface area contributed by atoms with Crippen LogP contribution in [0.2, 0.25) is 0 Å². The standard InChI is InChI=1S/C53H103NO4/c1-3-5-7-9-11-13-15-17-19-21-23-24-25-26-27-28-29-30-32-34-36-38-40-42-44-46-48-52(57)54-50(49-55)53(58)51(56)47-45-43-41-39-37-35-33-31-22-20-18-16-14-12-10-8-6-4-2/h26-27,39,41,50-51,53,55-56,58H,3-25,28-38,40,42-49H2,1-2H3,(H,54,57)/b27-26-,41-39+. The van der Waals surface area contributed by atoms with Gasteiger partial charge in [-0.3, -0.25) is 4.79 Å². The summed E-state index contributed by atoms with van der Waals surface area (Å²) in [6, 6.07) is -0.825. The zero-order valence-corrected chi connectivity index (χ0v) is 39.2. The maximum atomic E-state index is 12.5. The van der Waals surface area contributed by atoms with Gasteiger partial charge in [0.2, 0.25) is 5.91 Å². The van der Waals surface area contributed by atoms with Crippen LogP contribution in [0.5, 0.6) is 0 Å². The summed E-state index contributed by atoms with van der Waals surface area (Å²) in [6.07, 6.45) is 60.3. The molecule has 0 fully saturated rings. The maximum absolute atomic E-state index is 12.5. The van der Waals surface area contributed by atoms with Crippen LogP contribution >= 0.6 is 0 Å². The van der Waals surface area contributed by atoms with Crippen molar-refractivity contribution in [1.82, 2.24) is 5.32 Å². The highest BCUT2D eigenvalue weighted by atomic mass is 16.3. The van der Waals surface area contributed by atoms with Crippen molar-refractivity contribution in [2.45, 2.75) is 302 Å². The molecule has 0 saturated carbocycles. The number of carbonyl (C=O) groups is 1. The third-order valence-electron chi connectivity index (χ3n) is 12.3. The van der Waals surface area contributed by atoms with Crippen LogP contribution in [0.1, 0.15) is 284 Å². The summed E-state index contributed by atoms with van der Waals surface area (Å²) in [5, 5.41) is 33.7. The minimum atomic E-state index is -1.16. The van der Waals surface area contributed by atoms with Gasteiger partial charge in [-0.05, 0) is 64.2 Å². The van der Waals surface area contributed by atoms with Gasteiger partial charge in [0.25, 0.3) is 0 Å². The molecule has 5 heteroatoms. The molecule has 0 rings (SSSR count). The van der Waals surface area contributed by atoms with Gasteiger partial charge in [-0.15, -0.1) is 0 Å². The van der Waals surface area contributed by atoms with Crippen LogP contribution in [0.25, 0.3) is 0 Å². The second-order valence-corrected chi connectivity index (χ2v) is 18.1. The number of amides is 1. The molecule has 0 aliphatic carbocycles. The molecule has 0 heterocycles. The summed E-state index contributed by atoms with van der Waals surface area (Å²) in [5.41, 5.74) is 0. The van der Waals surface area contributed by atoms with E-state index in [2.05, 4.69) is 43.5 Å². The van der Waals surface area contributed by atoms with Gasteiger partial charge in [0.15, 0.2) is 0 Å². The summed E-state index contributed by atoms with van der Waals surface area (Å²) in [7, 11) is 0. The van der Waals surface area contributed by atoms with E-state index in [1.54, 1.807) is 0 Å². The Bertz CT molecular complexity index is 859. The molecule has 0 aromatic rings. The van der Waals surface area contributed by atoms with Crippen molar-refractivity contribution in [2.75, 3.05) is 6.61 Å². The van der Waals surface area contributed by atoms with Crippen molar-refractivity contribution in [3.63, 3.8) is 0 Å². The fraction of sp³-hybridized carbons (Fsp3) is 0.906.